The molecule has 204 valence electrons. The molecule has 0 spiro atoms. The minimum atomic E-state index is -0.188. The van der Waals surface area contributed by atoms with E-state index < -0.39 is 0 Å². The van der Waals surface area contributed by atoms with E-state index in [0.29, 0.717) is 17.5 Å². The summed E-state index contributed by atoms with van der Waals surface area (Å²) in [5.74, 6) is 2.01. The zero-order chi connectivity index (χ0) is 28.8. The van der Waals surface area contributed by atoms with E-state index >= 15 is 0 Å². The lowest BCUT2D eigenvalue weighted by Gasteiger charge is -2.29. The third kappa shape index (κ3) is 4.58. The Kier molecular flexibility index (Phi) is 5.93. The fourth-order valence-corrected chi connectivity index (χ4v) is 6.08. The Hall–Kier alpha value is -5.48. The lowest BCUT2D eigenvalue weighted by Crippen LogP contribution is -2.21. The van der Waals surface area contributed by atoms with Gasteiger partial charge in [0, 0.05) is 33.7 Å². The second-order valence-corrected chi connectivity index (χ2v) is 11.4. The van der Waals surface area contributed by atoms with Crippen LogP contribution in [0.25, 0.3) is 60.8 Å². The number of allylic oxidation sites excluding steroid dienone is 4. The molecule has 4 heteroatoms. The van der Waals surface area contributed by atoms with Crippen molar-refractivity contribution in [3.63, 3.8) is 0 Å². The van der Waals surface area contributed by atoms with Crippen molar-refractivity contribution in [2.24, 2.45) is 0 Å². The van der Waals surface area contributed by atoms with Gasteiger partial charge in [0.15, 0.2) is 17.5 Å². The first-order valence-corrected chi connectivity index (χ1v) is 14.6. The smallest absolute Gasteiger partial charge is 0.164 e. The molecule has 0 saturated carbocycles. The monoisotopic (exact) mass is 552 g/mol. The van der Waals surface area contributed by atoms with E-state index in [1.54, 1.807) is 0 Å². The van der Waals surface area contributed by atoms with E-state index in [9.17, 15) is 0 Å². The molecule has 43 heavy (non-hydrogen) atoms. The van der Waals surface area contributed by atoms with Crippen LogP contribution in [0.15, 0.2) is 140 Å². The molecule has 1 unspecified atom stereocenters. The topological polar surface area (TPSA) is 51.6 Å². The number of nitrogens with zero attached hydrogens (tertiary/aromatic N) is 4. The first-order valence-electron chi connectivity index (χ1n) is 14.6. The van der Waals surface area contributed by atoms with Crippen LogP contribution >= 0.6 is 0 Å². The van der Waals surface area contributed by atoms with Crippen LogP contribution in [0.1, 0.15) is 24.7 Å². The largest absolute Gasteiger partial charge is 0.256 e. The summed E-state index contributed by atoms with van der Waals surface area (Å²) in [7, 11) is 0. The minimum Gasteiger partial charge on any atom is -0.256 e. The van der Waals surface area contributed by atoms with Crippen LogP contribution < -0.4 is 0 Å². The van der Waals surface area contributed by atoms with Gasteiger partial charge in [-0.25, -0.2) is 15.0 Å². The van der Waals surface area contributed by atoms with Gasteiger partial charge in [-0.1, -0.05) is 122 Å². The van der Waals surface area contributed by atoms with Crippen molar-refractivity contribution in [3.8, 4) is 22.8 Å². The highest BCUT2D eigenvalue weighted by molar-refractivity contribution is 5.89. The number of para-hydroxylation sites is 1. The van der Waals surface area contributed by atoms with Crippen molar-refractivity contribution >= 4 is 38.0 Å². The standard InChI is InChI=1S/C39H28N4/c1-39(34-14-6-12-28-13-7-23-40-35(28)34)21-19-29(20-22-39)36-41-37(32-17-15-26-8-2-4-10-30(26)24-32)43-38(42-36)33-18-16-27-9-3-5-11-31(27)25-33/h2-21,23-25H,22H2,1H3. The molecule has 2 heterocycles. The molecule has 5 aromatic carbocycles. The Morgan fingerprint density at radius 3 is 1.77 bits per heavy atom. The third-order valence-electron chi connectivity index (χ3n) is 8.53. The molecular formula is C39H28N4. The number of benzene rings is 5. The van der Waals surface area contributed by atoms with Gasteiger partial charge in [0.25, 0.3) is 0 Å². The van der Waals surface area contributed by atoms with Crippen LogP contribution in [0.5, 0.6) is 0 Å². The second-order valence-electron chi connectivity index (χ2n) is 11.4. The summed E-state index contributed by atoms with van der Waals surface area (Å²) in [6.07, 6.45) is 9.38. The first-order chi connectivity index (χ1) is 21.1. The maximum Gasteiger partial charge on any atom is 0.164 e. The van der Waals surface area contributed by atoms with Gasteiger partial charge in [0.2, 0.25) is 0 Å². The number of pyridine rings is 1. The zero-order valence-corrected chi connectivity index (χ0v) is 23.8. The average Bonchev–Trinajstić information content (AvgIpc) is 3.07. The molecule has 0 N–H and O–H groups in total. The van der Waals surface area contributed by atoms with E-state index in [2.05, 4.69) is 134 Å². The van der Waals surface area contributed by atoms with E-state index in [-0.39, 0.29) is 5.41 Å². The average molecular weight is 553 g/mol. The van der Waals surface area contributed by atoms with E-state index in [4.69, 9.17) is 19.9 Å². The lowest BCUT2D eigenvalue weighted by atomic mass is 9.75. The fraction of sp³-hybridized carbons (Fsp3) is 0.0769. The van der Waals surface area contributed by atoms with Crippen molar-refractivity contribution < 1.29 is 0 Å². The number of hydrogen-bond donors (Lipinski definition) is 0. The van der Waals surface area contributed by atoms with Crippen LogP contribution in [0.3, 0.4) is 0 Å². The summed E-state index contributed by atoms with van der Waals surface area (Å²) in [6.45, 7) is 2.27. The first kappa shape index (κ1) is 25.2. The summed E-state index contributed by atoms with van der Waals surface area (Å²) < 4.78 is 0. The molecule has 1 aliphatic rings. The van der Waals surface area contributed by atoms with Crippen LogP contribution in [0.2, 0.25) is 0 Å². The van der Waals surface area contributed by atoms with Crippen molar-refractivity contribution in [2.45, 2.75) is 18.8 Å². The van der Waals surface area contributed by atoms with E-state index in [0.717, 1.165) is 44.8 Å². The Balaban J connectivity index is 1.24. The Morgan fingerprint density at radius 1 is 0.558 bits per heavy atom. The molecule has 0 amide bonds. The molecule has 0 saturated heterocycles. The van der Waals surface area contributed by atoms with Crippen LogP contribution in [0, 0.1) is 0 Å². The number of aromatic nitrogens is 4. The van der Waals surface area contributed by atoms with E-state index in [1.165, 1.54) is 16.3 Å². The summed E-state index contributed by atoms with van der Waals surface area (Å²) in [5, 5.41) is 5.85. The van der Waals surface area contributed by atoms with Gasteiger partial charge in [-0.05, 0) is 51.7 Å². The maximum absolute atomic E-state index is 5.04. The molecule has 1 aliphatic carbocycles. The van der Waals surface area contributed by atoms with Gasteiger partial charge in [0.1, 0.15) is 0 Å². The molecule has 2 aromatic heterocycles. The highest BCUT2D eigenvalue weighted by Gasteiger charge is 2.28. The van der Waals surface area contributed by atoms with Gasteiger partial charge < -0.3 is 0 Å². The van der Waals surface area contributed by atoms with Crippen molar-refractivity contribution in [3.05, 3.63) is 151 Å². The predicted molar refractivity (Wildman–Crippen MR) is 177 cm³/mol. The van der Waals surface area contributed by atoms with Gasteiger partial charge >= 0.3 is 0 Å². The molecular weight excluding hydrogens is 524 g/mol. The van der Waals surface area contributed by atoms with Crippen molar-refractivity contribution in [2.75, 3.05) is 0 Å². The molecule has 1 atom stereocenters. The fourth-order valence-electron chi connectivity index (χ4n) is 6.08. The molecule has 7 aromatic rings. The molecule has 0 fully saturated rings. The minimum absolute atomic E-state index is 0.188. The third-order valence-corrected chi connectivity index (χ3v) is 8.53. The molecule has 0 bridgehead atoms. The number of rotatable bonds is 4. The highest BCUT2D eigenvalue weighted by atomic mass is 15.0. The van der Waals surface area contributed by atoms with Crippen LogP contribution in [-0.4, -0.2) is 19.9 Å². The Bertz CT molecular complexity index is 2140. The number of hydrogen-bond acceptors (Lipinski definition) is 4. The second kappa shape index (κ2) is 10.1. The number of fused-ring (bicyclic) bond motifs is 3. The lowest BCUT2D eigenvalue weighted by molar-refractivity contribution is 0.605. The molecule has 8 rings (SSSR count). The van der Waals surface area contributed by atoms with Crippen LogP contribution in [0.4, 0.5) is 0 Å². The predicted octanol–water partition coefficient (Wildman–Crippen LogP) is 9.36. The van der Waals surface area contributed by atoms with E-state index in [1.807, 2.05) is 12.3 Å². The van der Waals surface area contributed by atoms with Gasteiger partial charge in [-0.3, -0.25) is 4.98 Å². The van der Waals surface area contributed by atoms with Crippen molar-refractivity contribution in [1.82, 2.24) is 19.9 Å². The summed E-state index contributed by atoms with van der Waals surface area (Å²) in [5.41, 5.74) is 5.02. The van der Waals surface area contributed by atoms with Gasteiger partial charge in [-0.15, -0.1) is 0 Å². The Labute approximate surface area is 250 Å². The van der Waals surface area contributed by atoms with Crippen LogP contribution in [-0.2, 0) is 5.41 Å². The highest BCUT2D eigenvalue weighted by Crippen LogP contribution is 2.39. The van der Waals surface area contributed by atoms with Crippen molar-refractivity contribution in [1.29, 1.82) is 0 Å². The quantitative estimate of drug-likeness (QED) is 0.218. The summed E-state index contributed by atoms with van der Waals surface area (Å²) in [4.78, 5) is 19.8. The summed E-state index contributed by atoms with van der Waals surface area (Å²) in [6, 6.07) is 40.1. The zero-order valence-electron chi connectivity index (χ0n) is 23.8. The van der Waals surface area contributed by atoms with Gasteiger partial charge in [-0.2, -0.15) is 0 Å². The maximum atomic E-state index is 5.04. The Morgan fingerprint density at radius 2 is 1.14 bits per heavy atom. The SMILES string of the molecule is CC1(c2cccc3cccnc23)C=CC(c2nc(-c3ccc4ccccc4c3)nc(-c3ccc4ccccc4c3)n2)=CC1. The van der Waals surface area contributed by atoms with Gasteiger partial charge in [0.05, 0.1) is 5.52 Å². The normalized spacial score (nSPS) is 16.5. The molecule has 0 aliphatic heterocycles. The molecule has 4 nitrogen and oxygen atoms in total. The molecule has 0 radical (unpaired) electrons. The summed E-state index contributed by atoms with van der Waals surface area (Å²) >= 11 is 0.